The molecule has 0 saturated heterocycles. The van der Waals surface area contributed by atoms with Gasteiger partial charge in [0.05, 0.1) is 0 Å². The standard InChI is InChI=1S/C12H11BO4/c14-11-5-1-9(2-6-11)10-3-7-12(8-4-10)17-13(15)16/h1-8,14-16H. The quantitative estimate of drug-likeness (QED) is 0.697. The summed E-state index contributed by atoms with van der Waals surface area (Å²) in [4.78, 5) is 0. The van der Waals surface area contributed by atoms with E-state index in [1.165, 1.54) is 0 Å². The van der Waals surface area contributed by atoms with Crippen LogP contribution in [0.3, 0.4) is 0 Å². The second-order valence-corrected chi connectivity index (χ2v) is 3.52. The lowest BCUT2D eigenvalue weighted by Crippen LogP contribution is -2.20. The Morgan fingerprint density at radius 2 is 1.24 bits per heavy atom. The molecule has 17 heavy (non-hydrogen) atoms. The van der Waals surface area contributed by atoms with Gasteiger partial charge in [0.15, 0.2) is 0 Å². The molecule has 0 amide bonds. The fourth-order valence-corrected chi connectivity index (χ4v) is 1.50. The first kappa shape index (κ1) is 11.5. The molecule has 3 N–H and O–H groups in total. The first-order chi connectivity index (χ1) is 8.15. The van der Waals surface area contributed by atoms with Crippen LogP contribution in [0.1, 0.15) is 0 Å². The van der Waals surface area contributed by atoms with Crippen LogP contribution in [0.4, 0.5) is 0 Å². The highest BCUT2D eigenvalue weighted by Gasteiger charge is 2.10. The molecule has 0 heterocycles. The van der Waals surface area contributed by atoms with Crippen molar-refractivity contribution >= 4 is 7.32 Å². The maximum Gasteiger partial charge on any atom is 0.707 e. The van der Waals surface area contributed by atoms with Gasteiger partial charge in [-0.1, -0.05) is 24.3 Å². The Morgan fingerprint density at radius 3 is 1.71 bits per heavy atom. The number of aromatic hydroxyl groups is 1. The molecule has 0 aromatic heterocycles. The average Bonchev–Trinajstić information content (AvgIpc) is 2.30. The van der Waals surface area contributed by atoms with Gasteiger partial charge in [-0.2, -0.15) is 0 Å². The highest BCUT2D eigenvalue weighted by atomic mass is 16.6. The zero-order valence-corrected chi connectivity index (χ0v) is 8.95. The molecule has 5 heteroatoms. The SMILES string of the molecule is OB(O)Oc1ccc(-c2ccc(O)cc2)cc1. The molecule has 0 unspecified atom stereocenters. The van der Waals surface area contributed by atoms with Crippen LogP contribution in [0, 0.1) is 0 Å². The Bertz CT molecular complexity index is 479. The van der Waals surface area contributed by atoms with Crippen molar-refractivity contribution in [3.8, 4) is 22.6 Å². The molecule has 0 radical (unpaired) electrons. The van der Waals surface area contributed by atoms with Crippen molar-refractivity contribution in [3.63, 3.8) is 0 Å². The Kier molecular flexibility index (Phi) is 3.32. The van der Waals surface area contributed by atoms with Gasteiger partial charge in [-0.05, 0) is 35.4 Å². The van der Waals surface area contributed by atoms with Crippen LogP contribution in [0.25, 0.3) is 11.1 Å². The molecule has 0 aliphatic rings. The fraction of sp³-hybridized carbons (Fsp3) is 0. The third-order valence-electron chi connectivity index (χ3n) is 2.30. The van der Waals surface area contributed by atoms with Crippen molar-refractivity contribution in [2.75, 3.05) is 0 Å². The molecule has 0 spiro atoms. The minimum Gasteiger partial charge on any atom is -0.512 e. The van der Waals surface area contributed by atoms with Gasteiger partial charge in [0.25, 0.3) is 0 Å². The Hall–Kier alpha value is -1.98. The molecule has 86 valence electrons. The molecule has 0 bridgehead atoms. The van der Waals surface area contributed by atoms with Crippen LogP contribution in [-0.4, -0.2) is 22.5 Å². The minimum atomic E-state index is -1.81. The molecule has 0 aliphatic carbocycles. The first-order valence-corrected chi connectivity index (χ1v) is 5.07. The van der Waals surface area contributed by atoms with Crippen molar-refractivity contribution in [2.45, 2.75) is 0 Å². The van der Waals surface area contributed by atoms with Crippen molar-refractivity contribution in [1.29, 1.82) is 0 Å². The van der Waals surface area contributed by atoms with E-state index in [4.69, 9.17) is 14.7 Å². The van der Waals surface area contributed by atoms with Crippen molar-refractivity contribution < 1.29 is 19.8 Å². The number of hydrogen-bond donors (Lipinski definition) is 3. The molecule has 0 saturated carbocycles. The van der Waals surface area contributed by atoms with Crippen LogP contribution in [-0.2, 0) is 0 Å². The molecule has 2 aromatic carbocycles. The summed E-state index contributed by atoms with van der Waals surface area (Å²) in [6.45, 7) is 0. The second kappa shape index (κ2) is 4.90. The summed E-state index contributed by atoms with van der Waals surface area (Å²) in [6, 6.07) is 13.7. The van der Waals surface area contributed by atoms with E-state index in [0.29, 0.717) is 5.75 Å². The van der Waals surface area contributed by atoms with Crippen LogP contribution >= 0.6 is 0 Å². The minimum absolute atomic E-state index is 0.220. The largest absolute Gasteiger partial charge is 0.707 e. The van der Waals surface area contributed by atoms with Crippen LogP contribution in [0.5, 0.6) is 11.5 Å². The monoisotopic (exact) mass is 230 g/mol. The number of benzene rings is 2. The lowest BCUT2D eigenvalue weighted by molar-refractivity contribution is 0.288. The first-order valence-electron chi connectivity index (χ1n) is 5.07. The van der Waals surface area contributed by atoms with E-state index in [1.54, 1.807) is 48.5 Å². The molecule has 0 fully saturated rings. The summed E-state index contributed by atoms with van der Waals surface area (Å²) >= 11 is 0. The molecule has 0 atom stereocenters. The summed E-state index contributed by atoms with van der Waals surface area (Å²) < 4.78 is 4.70. The van der Waals surface area contributed by atoms with Crippen molar-refractivity contribution in [3.05, 3.63) is 48.5 Å². The van der Waals surface area contributed by atoms with Crippen LogP contribution in [0.2, 0.25) is 0 Å². The molecular formula is C12H11BO4. The average molecular weight is 230 g/mol. The van der Waals surface area contributed by atoms with Crippen molar-refractivity contribution in [1.82, 2.24) is 0 Å². The van der Waals surface area contributed by atoms with Gasteiger partial charge in [-0.3, -0.25) is 0 Å². The van der Waals surface area contributed by atoms with Crippen LogP contribution in [0.15, 0.2) is 48.5 Å². The van der Waals surface area contributed by atoms with E-state index in [2.05, 4.69) is 0 Å². The second-order valence-electron chi connectivity index (χ2n) is 3.52. The van der Waals surface area contributed by atoms with E-state index >= 15 is 0 Å². The summed E-state index contributed by atoms with van der Waals surface area (Å²) in [6.07, 6.45) is 0. The molecule has 2 rings (SSSR count). The van der Waals surface area contributed by atoms with E-state index in [9.17, 15) is 5.11 Å². The molecule has 0 aliphatic heterocycles. The Morgan fingerprint density at radius 1 is 0.765 bits per heavy atom. The summed E-state index contributed by atoms with van der Waals surface area (Å²) in [5, 5.41) is 26.4. The predicted octanol–water partition coefficient (Wildman–Crippen LogP) is 1.41. The van der Waals surface area contributed by atoms with E-state index in [-0.39, 0.29) is 5.75 Å². The number of phenols is 1. The Balaban J connectivity index is 2.20. The zero-order chi connectivity index (χ0) is 12.3. The van der Waals surface area contributed by atoms with Crippen LogP contribution < -0.4 is 4.65 Å². The maximum atomic E-state index is 9.17. The van der Waals surface area contributed by atoms with Gasteiger partial charge >= 0.3 is 7.32 Å². The van der Waals surface area contributed by atoms with E-state index < -0.39 is 7.32 Å². The topological polar surface area (TPSA) is 69.9 Å². The van der Waals surface area contributed by atoms with Crippen molar-refractivity contribution in [2.24, 2.45) is 0 Å². The highest BCUT2D eigenvalue weighted by molar-refractivity contribution is 6.33. The summed E-state index contributed by atoms with van der Waals surface area (Å²) in [7, 11) is -1.81. The van der Waals surface area contributed by atoms with Gasteiger partial charge in [0.2, 0.25) is 0 Å². The molecular weight excluding hydrogens is 219 g/mol. The molecule has 4 nitrogen and oxygen atoms in total. The van der Waals surface area contributed by atoms with Gasteiger partial charge in [0.1, 0.15) is 11.5 Å². The van der Waals surface area contributed by atoms with E-state index in [1.807, 2.05) is 0 Å². The maximum absolute atomic E-state index is 9.17. The summed E-state index contributed by atoms with van der Waals surface area (Å²) in [5.41, 5.74) is 1.91. The third-order valence-corrected chi connectivity index (χ3v) is 2.30. The lowest BCUT2D eigenvalue weighted by Gasteiger charge is -2.06. The van der Waals surface area contributed by atoms with Gasteiger partial charge in [-0.15, -0.1) is 0 Å². The summed E-state index contributed by atoms with van der Waals surface area (Å²) in [5.74, 6) is 0.597. The lowest BCUT2D eigenvalue weighted by atomic mass is 10.1. The van der Waals surface area contributed by atoms with E-state index in [0.717, 1.165) is 11.1 Å². The highest BCUT2D eigenvalue weighted by Crippen LogP contribution is 2.24. The predicted molar refractivity (Wildman–Crippen MR) is 64.4 cm³/mol. The van der Waals surface area contributed by atoms with Gasteiger partial charge < -0.3 is 19.8 Å². The van der Waals surface area contributed by atoms with Gasteiger partial charge in [0, 0.05) is 0 Å². The number of rotatable bonds is 3. The molecule has 2 aromatic rings. The fourth-order valence-electron chi connectivity index (χ4n) is 1.50. The normalized spacial score (nSPS) is 10.0. The number of hydrogen-bond acceptors (Lipinski definition) is 4. The zero-order valence-electron chi connectivity index (χ0n) is 8.95. The number of phenolic OH excluding ortho intramolecular Hbond substituents is 1. The van der Waals surface area contributed by atoms with Gasteiger partial charge in [-0.25, -0.2) is 0 Å². The Labute approximate surface area is 98.9 Å². The smallest absolute Gasteiger partial charge is 0.512 e. The third kappa shape index (κ3) is 2.99.